The standard InChI is InChI=1S/C13H19N5OS/c1-9(2)17-6-5-14-12(17)8-20-13-16-15-11(7-19)18(13)10-3-4-10/h5-6,9-10,19H,3-4,7-8H2,1-2H3. The van der Waals surface area contributed by atoms with Crippen LogP contribution < -0.4 is 0 Å². The van der Waals surface area contributed by atoms with Crippen molar-refractivity contribution in [3.63, 3.8) is 0 Å². The average molecular weight is 293 g/mol. The minimum atomic E-state index is -0.0509. The Bertz CT molecular complexity index is 587. The third-order valence-corrected chi connectivity index (χ3v) is 4.36. The molecule has 0 bridgehead atoms. The zero-order chi connectivity index (χ0) is 14.1. The summed E-state index contributed by atoms with van der Waals surface area (Å²) in [5, 5.41) is 18.5. The van der Waals surface area contributed by atoms with Crippen molar-refractivity contribution >= 4 is 11.8 Å². The molecule has 0 aliphatic heterocycles. The maximum atomic E-state index is 9.33. The third-order valence-electron chi connectivity index (χ3n) is 3.42. The molecule has 2 aromatic heterocycles. The Hall–Kier alpha value is -1.34. The molecule has 0 amide bonds. The first kappa shape index (κ1) is 13.6. The maximum absolute atomic E-state index is 9.33. The van der Waals surface area contributed by atoms with Crippen LogP contribution in [0.1, 0.15) is 50.4 Å². The van der Waals surface area contributed by atoms with Crippen molar-refractivity contribution in [3.05, 3.63) is 24.0 Å². The molecule has 0 aromatic carbocycles. The van der Waals surface area contributed by atoms with Gasteiger partial charge >= 0.3 is 0 Å². The summed E-state index contributed by atoms with van der Waals surface area (Å²) in [6.45, 7) is 4.24. The molecule has 2 heterocycles. The van der Waals surface area contributed by atoms with Gasteiger partial charge in [0.15, 0.2) is 11.0 Å². The molecule has 0 unspecified atom stereocenters. The number of rotatable bonds is 6. The zero-order valence-electron chi connectivity index (χ0n) is 11.7. The third kappa shape index (κ3) is 2.60. The summed E-state index contributed by atoms with van der Waals surface area (Å²) in [6.07, 6.45) is 6.14. The van der Waals surface area contributed by atoms with E-state index in [0.29, 0.717) is 17.9 Å². The first-order valence-corrected chi connectivity index (χ1v) is 7.88. The Labute approximate surface area is 122 Å². The predicted molar refractivity (Wildman–Crippen MR) is 76.4 cm³/mol. The van der Waals surface area contributed by atoms with E-state index in [1.807, 2.05) is 12.4 Å². The van der Waals surface area contributed by atoms with E-state index in [9.17, 15) is 5.11 Å². The van der Waals surface area contributed by atoms with Crippen LogP contribution in [-0.2, 0) is 12.4 Å². The Kier molecular flexibility index (Phi) is 3.80. The smallest absolute Gasteiger partial charge is 0.191 e. The van der Waals surface area contributed by atoms with Gasteiger partial charge in [-0.1, -0.05) is 11.8 Å². The van der Waals surface area contributed by atoms with Gasteiger partial charge in [-0.05, 0) is 26.7 Å². The second-order valence-corrected chi connectivity index (χ2v) is 6.23. The molecule has 7 heteroatoms. The van der Waals surface area contributed by atoms with Crippen LogP contribution in [0.15, 0.2) is 17.6 Å². The van der Waals surface area contributed by atoms with E-state index in [1.54, 1.807) is 11.8 Å². The summed E-state index contributed by atoms with van der Waals surface area (Å²) in [5.74, 6) is 2.48. The van der Waals surface area contributed by atoms with Crippen molar-refractivity contribution in [3.8, 4) is 0 Å². The number of thioether (sulfide) groups is 1. The van der Waals surface area contributed by atoms with Crippen molar-refractivity contribution < 1.29 is 5.11 Å². The maximum Gasteiger partial charge on any atom is 0.191 e. The van der Waals surface area contributed by atoms with Crippen LogP contribution >= 0.6 is 11.8 Å². The van der Waals surface area contributed by atoms with Gasteiger partial charge in [-0.2, -0.15) is 0 Å². The molecular formula is C13H19N5OS. The van der Waals surface area contributed by atoms with Gasteiger partial charge in [-0.15, -0.1) is 10.2 Å². The second-order valence-electron chi connectivity index (χ2n) is 5.29. The normalized spacial score (nSPS) is 15.2. The zero-order valence-corrected chi connectivity index (χ0v) is 12.5. The van der Waals surface area contributed by atoms with E-state index in [-0.39, 0.29) is 6.61 Å². The minimum absolute atomic E-state index is 0.0509. The molecule has 1 N–H and O–H groups in total. The SMILES string of the molecule is CC(C)n1ccnc1CSc1nnc(CO)n1C1CC1. The van der Waals surface area contributed by atoms with Crippen molar-refractivity contribution in [1.82, 2.24) is 24.3 Å². The Balaban J connectivity index is 1.75. The number of nitrogens with zero attached hydrogens (tertiary/aromatic N) is 5. The largest absolute Gasteiger partial charge is 0.388 e. The van der Waals surface area contributed by atoms with Crippen LogP contribution in [0.4, 0.5) is 0 Å². The highest BCUT2D eigenvalue weighted by Crippen LogP contribution is 2.39. The molecule has 6 nitrogen and oxygen atoms in total. The van der Waals surface area contributed by atoms with Crippen molar-refractivity contribution in [2.45, 2.75) is 56.3 Å². The van der Waals surface area contributed by atoms with Crippen LogP contribution in [0.2, 0.25) is 0 Å². The minimum Gasteiger partial charge on any atom is -0.388 e. The van der Waals surface area contributed by atoms with E-state index in [0.717, 1.165) is 29.6 Å². The fourth-order valence-electron chi connectivity index (χ4n) is 2.27. The van der Waals surface area contributed by atoms with Crippen LogP contribution in [-0.4, -0.2) is 29.4 Å². The number of aliphatic hydroxyl groups excluding tert-OH is 1. The molecule has 1 fully saturated rings. The molecule has 0 saturated heterocycles. The van der Waals surface area contributed by atoms with Crippen molar-refractivity contribution in [2.24, 2.45) is 0 Å². The highest BCUT2D eigenvalue weighted by molar-refractivity contribution is 7.98. The Morgan fingerprint density at radius 2 is 2.15 bits per heavy atom. The van der Waals surface area contributed by atoms with Gasteiger partial charge in [0.05, 0.1) is 5.75 Å². The van der Waals surface area contributed by atoms with Gasteiger partial charge in [0.25, 0.3) is 0 Å². The van der Waals surface area contributed by atoms with Crippen LogP contribution in [0.3, 0.4) is 0 Å². The lowest BCUT2D eigenvalue weighted by atomic mass is 10.4. The van der Waals surface area contributed by atoms with Gasteiger partial charge in [0.1, 0.15) is 12.4 Å². The monoisotopic (exact) mass is 293 g/mol. The van der Waals surface area contributed by atoms with Gasteiger partial charge in [0.2, 0.25) is 0 Å². The lowest BCUT2D eigenvalue weighted by Crippen LogP contribution is -2.06. The van der Waals surface area contributed by atoms with Crippen LogP contribution in [0.25, 0.3) is 0 Å². The van der Waals surface area contributed by atoms with E-state index < -0.39 is 0 Å². The first-order chi connectivity index (χ1) is 9.70. The van der Waals surface area contributed by atoms with E-state index in [1.165, 1.54) is 0 Å². The molecule has 1 aliphatic carbocycles. The number of aromatic nitrogens is 5. The molecule has 20 heavy (non-hydrogen) atoms. The summed E-state index contributed by atoms with van der Waals surface area (Å²) >= 11 is 1.64. The number of hydrogen-bond acceptors (Lipinski definition) is 5. The molecule has 3 rings (SSSR count). The van der Waals surface area contributed by atoms with Gasteiger partial charge in [0, 0.05) is 24.5 Å². The number of hydrogen-bond donors (Lipinski definition) is 1. The molecule has 2 aromatic rings. The molecule has 0 atom stereocenters. The second kappa shape index (κ2) is 5.57. The Morgan fingerprint density at radius 1 is 1.35 bits per heavy atom. The molecule has 1 saturated carbocycles. The molecule has 1 aliphatic rings. The van der Waals surface area contributed by atoms with E-state index in [4.69, 9.17) is 0 Å². The summed E-state index contributed by atoms with van der Waals surface area (Å²) in [4.78, 5) is 4.40. The number of aliphatic hydroxyl groups is 1. The predicted octanol–water partition coefficient (Wildman–Crippen LogP) is 2.17. The van der Waals surface area contributed by atoms with Crippen molar-refractivity contribution in [1.29, 1.82) is 0 Å². The lowest BCUT2D eigenvalue weighted by Gasteiger charge is -2.11. The lowest BCUT2D eigenvalue weighted by molar-refractivity contribution is 0.263. The summed E-state index contributed by atoms with van der Waals surface area (Å²) < 4.78 is 4.24. The van der Waals surface area contributed by atoms with E-state index >= 15 is 0 Å². The highest BCUT2D eigenvalue weighted by Gasteiger charge is 2.29. The highest BCUT2D eigenvalue weighted by atomic mass is 32.2. The molecule has 108 valence electrons. The van der Waals surface area contributed by atoms with Gasteiger partial charge in [-0.25, -0.2) is 4.98 Å². The summed E-state index contributed by atoms with van der Waals surface area (Å²) in [5.41, 5.74) is 0. The van der Waals surface area contributed by atoms with E-state index in [2.05, 4.69) is 38.2 Å². The fourth-order valence-corrected chi connectivity index (χ4v) is 3.24. The summed E-state index contributed by atoms with van der Waals surface area (Å²) in [6, 6.07) is 0.877. The topological polar surface area (TPSA) is 68.8 Å². The van der Waals surface area contributed by atoms with Gasteiger partial charge < -0.3 is 14.2 Å². The fraction of sp³-hybridized carbons (Fsp3) is 0.615. The summed E-state index contributed by atoms with van der Waals surface area (Å²) in [7, 11) is 0. The first-order valence-electron chi connectivity index (χ1n) is 6.90. The molecule has 0 radical (unpaired) electrons. The van der Waals surface area contributed by atoms with Gasteiger partial charge in [-0.3, -0.25) is 0 Å². The molecular weight excluding hydrogens is 274 g/mol. The van der Waals surface area contributed by atoms with Crippen LogP contribution in [0, 0.1) is 0 Å². The van der Waals surface area contributed by atoms with Crippen molar-refractivity contribution in [2.75, 3.05) is 0 Å². The quantitative estimate of drug-likeness (QED) is 0.827. The Morgan fingerprint density at radius 3 is 2.80 bits per heavy atom. The van der Waals surface area contributed by atoms with Crippen LogP contribution in [0.5, 0.6) is 0 Å². The number of imidazole rings is 1. The average Bonchev–Trinajstić information content (AvgIpc) is 3.02. The molecule has 0 spiro atoms.